The first-order valence-corrected chi connectivity index (χ1v) is 21.8. The number of hydrogen-bond acceptors (Lipinski definition) is 9. The number of urea groups is 1. The molecule has 14 nitrogen and oxygen atoms in total. The number of imide groups is 1. The number of hydrogen-bond donors (Lipinski definition) is 2. The van der Waals surface area contributed by atoms with Crippen LogP contribution in [0.25, 0.3) is 0 Å². The molecule has 3 aliphatic heterocycles. The highest BCUT2D eigenvalue weighted by atomic mass is 16.6. The maximum atomic E-state index is 14.8. The van der Waals surface area contributed by atoms with Crippen LogP contribution in [0.4, 0.5) is 9.59 Å². The maximum Gasteiger partial charge on any atom is 0.410 e. The summed E-state index contributed by atoms with van der Waals surface area (Å²) >= 11 is 0. The number of amides is 6. The summed E-state index contributed by atoms with van der Waals surface area (Å²) in [5.74, 6) is -3.24. The van der Waals surface area contributed by atoms with E-state index in [4.69, 9.17) is 4.74 Å². The van der Waals surface area contributed by atoms with Crippen LogP contribution in [0.1, 0.15) is 131 Å². The van der Waals surface area contributed by atoms with E-state index in [1.807, 2.05) is 65.8 Å². The van der Waals surface area contributed by atoms with E-state index in [1.165, 1.54) is 9.80 Å². The van der Waals surface area contributed by atoms with Crippen molar-refractivity contribution >= 4 is 47.2 Å². The molecule has 2 N–H and O–H groups in total. The molecule has 14 heteroatoms. The minimum atomic E-state index is -1.17. The van der Waals surface area contributed by atoms with Gasteiger partial charge in [-0.3, -0.25) is 33.7 Å². The summed E-state index contributed by atoms with van der Waals surface area (Å²) in [7, 11) is 0. The predicted octanol–water partition coefficient (Wildman–Crippen LogP) is 5.77. The molecule has 5 atom stereocenters. The molecule has 1 saturated carbocycles. The molecule has 0 aromatic heterocycles. The Labute approximate surface area is 355 Å². The van der Waals surface area contributed by atoms with Gasteiger partial charge in [-0.1, -0.05) is 93.0 Å². The van der Waals surface area contributed by atoms with E-state index in [1.54, 1.807) is 25.7 Å². The lowest BCUT2D eigenvalue weighted by Gasteiger charge is -2.40. The zero-order chi connectivity index (χ0) is 44.3. The molecule has 5 rings (SSSR count). The topological polar surface area (TPSA) is 180 Å². The van der Waals surface area contributed by atoms with Crippen LogP contribution < -0.4 is 10.6 Å². The van der Waals surface area contributed by atoms with Gasteiger partial charge in [0.05, 0.1) is 18.6 Å². The molecular weight excluding hydrogens is 767 g/mol. The Hall–Kier alpha value is -4.62. The van der Waals surface area contributed by atoms with Gasteiger partial charge in [0.25, 0.3) is 0 Å². The molecule has 330 valence electrons. The normalized spacial score (nSPS) is 22.1. The van der Waals surface area contributed by atoms with Crippen LogP contribution in [-0.4, -0.2) is 106 Å². The minimum Gasteiger partial charge on any atom is -0.444 e. The zero-order valence-corrected chi connectivity index (χ0v) is 37.2. The quantitative estimate of drug-likeness (QED) is 0.164. The molecule has 3 fully saturated rings. The fourth-order valence-corrected chi connectivity index (χ4v) is 8.54. The molecule has 1 aromatic rings. The number of ketones is 3. The highest BCUT2D eigenvalue weighted by Gasteiger charge is 2.48. The largest absolute Gasteiger partial charge is 0.444 e. The Balaban J connectivity index is 1.35. The van der Waals surface area contributed by atoms with Crippen molar-refractivity contribution in [3.8, 4) is 0 Å². The molecule has 0 spiro atoms. The van der Waals surface area contributed by atoms with E-state index in [0.29, 0.717) is 32.4 Å². The van der Waals surface area contributed by atoms with Gasteiger partial charge >= 0.3 is 12.1 Å². The van der Waals surface area contributed by atoms with E-state index >= 15 is 0 Å². The molecule has 6 amide bonds. The highest BCUT2D eigenvalue weighted by molar-refractivity contribution is 6.38. The van der Waals surface area contributed by atoms with Gasteiger partial charge in [-0.2, -0.15) is 0 Å². The van der Waals surface area contributed by atoms with E-state index < -0.39 is 81.8 Å². The van der Waals surface area contributed by atoms with Gasteiger partial charge < -0.3 is 25.2 Å². The van der Waals surface area contributed by atoms with Crippen molar-refractivity contribution < 1.29 is 43.1 Å². The third-order valence-corrected chi connectivity index (χ3v) is 12.4. The number of nitrogens with one attached hydrogen (secondary N) is 2. The molecule has 1 unspecified atom stereocenters. The summed E-state index contributed by atoms with van der Waals surface area (Å²) in [6, 6.07) is 4.25. The zero-order valence-electron chi connectivity index (χ0n) is 37.2. The first-order valence-electron chi connectivity index (χ1n) is 21.8. The second kappa shape index (κ2) is 18.6. The Kier molecular flexibility index (Phi) is 14.4. The summed E-state index contributed by atoms with van der Waals surface area (Å²) in [5, 5.41) is 5.78. The van der Waals surface area contributed by atoms with Crippen molar-refractivity contribution in [1.29, 1.82) is 0 Å². The van der Waals surface area contributed by atoms with Crippen molar-refractivity contribution in [3.05, 3.63) is 35.4 Å². The van der Waals surface area contributed by atoms with Crippen LogP contribution in [0.15, 0.2) is 24.3 Å². The second-order valence-corrected chi connectivity index (χ2v) is 20.5. The van der Waals surface area contributed by atoms with Gasteiger partial charge in [0, 0.05) is 57.7 Å². The van der Waals surface area contributed by atoms with Crippen LogP contribution in [-0.2, 0) is 46.5 Å². The lowest BCUT2D eigenvalue weighted by atomic mass is 9.80. The average molecular weight is 834 g/mol. The number of carbonyl (C=O) groups excluding carboxylic acids is 8. The summed E-state index contributed by atoms with van der Waals surface area (Å²) in [4.78, 5) is 113. The van der Waals surface area contributed by atoms with Gasteiger partial charge in [-0.15, -0.1) is 0 Å². The van der Waals surface area contributed by atoms with E-state index in [2.05, 4.69) is 10.6 Å². The monoisotopic (exact) mass is 833 g/mol. The number of fused-ring (bicyclic) bond motifs is 1. The summed E-state index contributed by atoms with van der Waals surface area (Å²) < 4.78 is 6.01. The van der Waals surface area contributed by atoms with Crippen LogP contribution in [0.2, 0.25) is 0 Å². The highest BCUT2D eigenvalue weighted by Crippen LogP contribution is 2.35. The second-order valence-electron chi connectivity index (χ2n) is 20.5. The fourth-order valence-electron chi connectivity index (χ4n) is 8.54. The summed E-state index contributed by atoms with van der Waals surface area (Å²) in [6.07, 6.45) is 2.31. The molecule has 2 saturated heterocycles. The Morgan fingerprint density at radius 1 is 0.900 bits per heavy atom. The van der Waals surface area contributed by atoms with E-state index in [9.17, 15) is 38.4 Å². The molecule has 0 radical (unpaired) electrons. The molecule has 4 aliphatic rings. The van der Waals surface area contributed by atoms with Gasteiger partial charge in [-0.25, -0.2) is 9.59 Å². The first-order chi connectivity index (χ1) is 28.0. The molecule has 60 heavy (non-hydrogen) atoms. The Morgan fingerprint density at radius 3 is 2.12 bits per heavy atom. The van der Waals surface area contributed by atoms with Crippen molar-refractivity contribution in [3.63, 3.8) is 0 Å². The third kappa shape index (κ3) is 11.8. The number of nitrogens with zero attached hydrogens (tertiary/aromatic N) is 3. The summed E-state index contributed by atoms with van der Waals surface area (Å²) in [5.41, 5.74) is 0.240. The number of carbonyl (C=O) groups is 8. The number of rotatable bonds is 15. The average Bonchev–Trinajstić information content (AvgIpc) is 3.87. The van der Waals surface area contributed by atoms with Gasteiger partial charge in [0.15, 0.2) is 11.6 Å². The maximum absolute atomic E-state index is 14.8. The number of piperidine rings is 1. The van der Waals surface area contributed by atoms with Crippen molar-refractivity contribution in [2.75, 3.05) is 19.6 Å². The Morgan fingerprint density at radius 2 is 1.53 bits per heavy atom. The molecule has 1 aliphatic carbocycles. The van der Waals surface area contributed by atoms with Crippen molar-refractivity contribution in [2.24, 2.45) is 28.1 Å². The van der Waals surface area contributed by atoms with E-state index in [-0.39, 0.29) is 62.9 Å². The third-order valence-electron chi connectivity index (χ3n) is 12.4. The lowest BCUT2D eigenvalue weighted by Crippen LogP contribution is -2.62. The van der Waals surface area contributed by atoms with E-state index in [0.717, 1.165) is 24.0 Å². The molecule has 3 heterocycles. The lowest BCUT2D eigenvalue weighted by molar-refractivity contribution is -0.153. The van der Waals surface area contributed by atoms with Crippen LogP contribution in [0, 0.1) is 28.1 Å². The molecule has 1 aromatic carbocycles. The van der Waals surface area contributed by atoms with Crippen molar-refractivity contribution in [2.45, 2.75) is 157 Å². The van der Waals surface area contributed by atoms with Crippen molar-refractivity contribution in [1.82, 2.24) is 25.3 Å². The number of Topliss-reactive ketones (excluding diaryl/α,β-unsaturated/α-hetero) is 3. The van der Waals surface area contributed by atoms with Gasteiger partial charge in [0.2, 0.25) is 23.5 Å². The molecular formula is C46H67N5O9. The van der Waals surface area contributed by atoms with Gasteiger partial charge in [0.1, 0.15) is 12.1 Å². The number of benzene rings is 1. The summed E-state index contributed by atoms with van der Waals surface area (Å²) in [6.45, 7) is 17.3. The molecule has 0 bridgehead atoms. The number of likely N-dealkylation sites (tertiary alicyclic amines) is 2. The van der Waals surface area contributed by atoms with Crippen LogP contribution in [0.5, 0.6) is 0 Å². The smallest absolute Gasteiger partial charge is 0.410 e. The van der Waals surface area contributed by atoms with Crippen LogP contribution >= 0.6 is 0 Å². The fraction of sp³-hybridized carbons (Fsp3) is 0.696. The van der Waals surface area contributed by atoms with Gasteiger partial charge in [-0.05, 0) is 59.0 Å². The van der Waals surface area contributed by atoms with Crippen LogP contribution in [0.3, 0.4) is 0 Å². The number of ether oxygens (including phenoxy) is 1. The predicted molar refractivity (Wildman–Crippen MR) is 224 cm³/mol. The Bertz CT molecular complexity index is 1820. The minimum absolute atomic E-state index is 0.00630. The standard InChI is InChI=1S/C46H67N5O9/c1-10-13-30(39(56)35(53)20-28-16-17-28)21-34(52)33-22-32(60-43(59)49-19-18-29-14-11-12-15-31(29)25-49)26-50(33)41(57)40(45(5,6)7)48-42(58)47-36(44(2,3)4)27-51-37(54)23-46(8,9)24-38(51)55/h11-12,14-15,28,30,32-33,36,40H,10,13,16-27H2,1-9H3,(H2,47,48,58)/t30?,32-,33+,36-,40-/m1/s1. The SMILES string of the molecule is CCCC(CC(=O)[C@@H]1C[C@@H](OC(=O)N2CCc3ccccc3C2)CN1C(=O)[C@@H](NC(=O)N[C@H](CN1C(=O)CC(C)(C)CC1=O)C(C)(C)C)C(C)(C)C)C(=O)C(=O)CC1CC1. The first kappa shape index (κ1) is 46.4.